The van der Waals surface area contributed by atoms with Crippen molar-refractivity contribution in [3.63, 3.8) is 0 Å². The molecule has 0 saturated heterocycles. The number of rotatable bonds is 3. The van der Waals surface area contributed by atoms with Gasteiger partial charge in [-0.05, 0) is 18.6 Å². The summed E-state index contributed by atoms with van der Waals surface area (Å²) < 4.78 is 4.58. The highest BCUT2D eigenvalue weighted by atomic mass is 16.3. The average Bonchev–Trinajstić information content (AvgIpc) is 2.92. The van der Waals surface area contributed by atoms with Gasteiger partial charge >= 0.3 is 0 Å². The van der Waals surface area contributed by atoms with Gasteiger partial charge in [-0.1, -0.05) is 0 Å². The van der Waals surface area contributed by atoms with Gasteiger partial charge < -0.3 is 9.52 Å². The molecule has 5 nitrogen and oxygen atoms in total. The van der Waals surface area contributed by atoms with E-state index in [1.165, 1.54) is 12.2 Å². The van der Waals surface area contributed by atoms with E-state index in [9.17, 15) is 9.59 Å². The molecule has 0 saturated carbocycles. The van der Waals surface area contributed by atoms with Gasteiger partial charge in [0.1, 0.15) is 0 Å². The summed E-state index contributed by atoms with van der Waals surface area (Å²) in [4.78, 5) is 22.8. The average molecular weight is 223 g/mol. The number of amides is 2. The van der Waals surface area contributed by atoms with Gasteiger partial charge in [-0.15, -0.1) is 0 Å². The Hall–Kier alpha value is -1.88. The molecule has 1 aliphatic heterocycles. The molecule has 0 aliphatic carbocycles. The van der Waals surface area contributed by atoms with E-state index in [0.717, 1.165) is 4.90 Å². The Morgan fingerprint density at radius 2 is 1.69 bits per heavy atom. The molecule has 0 radical (unpaired) electrons. The molecule has 5 heteroatoms. The lowest BCUT2D eigenvalue weighted by molar-refractivity contribution is -0.136. The van der Waals surface area contributed by atoms with Gasteiger partial charge in [-0.3, -0.25) is 14.5 Å². The molecule has 2 rings (SSSR count). The van der Waals surface area contributed by atoms with E-state index in [0.29, 0.717) is 13.0 Å². The van der Waals surface area contributed by atoms with Crippen LogP contribution in [0, 0.1) is 0 Å². The van der Waals surface area contributed by atoms with Gasteiger partial charge in [0.05, 0.1) is 12.5 Å². The van der Waals surface area contributed by atoms with Crippen molar-refractivity contribution in [2.24, 2.45) is 0 Å². The highest BCUT2D eigenvalue weighted by Crippen LogP contribution is 2.03. The smallest absolute Gasteiger partial charge is 0.253 e. The quantitative estimate of drug-likeness (QED) is 0.760. The second kappa shape index (κ2) is 6.58. The molecule has 16 heavy (non-hydrogen) atoms. The van der Waals surface area contributed by atoms with Crippen LogP contribution < -0.4 is 0 Å². The first-order valence-corrected chi connectivity index (χ1v) is 4.87. The summed E-state index contributed by atoms with van der Waals surface area (Å²) in [5, 5.41) is 8.43. The topological polar surface area (TPSA) is 70.8 Å². The zero-order chi connectivity index (χ0) is 11.8. The molecule has 0 spiro atoms. The molecule has 86 valence electrons. The fraction of sp³-hybridized carbons (Fsp3) is 0.273. The molecule has 1 N–H and O–H groups in total. The van der Waals surface area contributed by atoms with Crippen LogP contribution in [0.4, 0.5) is 0 Å². The van der Waals surface area contributed by atoms with Crippen molar-refractivity contribution in [1.82, 2.24) is 4.90 Å². The fourth-order valence-electron chi connectivity index (χ4n) is 1.11. The van der Waals surface area contributed by atoms with Crippen LogP contribution >= 0.6 is 0 Å². The molecule has 0 unspecified atom stereocenters. The zero-order valence-electron chi connectivity index (χ0n) is 8.70. The third kappa shape index (κ3) is 3.70. The highest BCUT2D eigenvalue weighted by molar-refractivity contribution is 6.12. The summed E-state index contributed by atoms with van der Waals surface area (Å²) in [5.74, 6) is -0.577. The van der Waals surface area contributed by atoms with Crippen LogP contribution in [0.25, 0.3) is 0 Å². The number of aliphatic hydroxyl groups is 1. The van der Waals surface area contributed by atoms with Gasteiger partial charge in [0.15, 0.2) is 0 Å². The van der Waals surface area contributed by atoms with Crippen LogP contribution in [0.1, 0.15) is 6.42 Å². The predicted octanol–water partition coefficient (Wildman–Crippen LogP) is 0.573. The van der Waals surface area contributed by atoms with Crippen molar-refractivity contribution < 1.29 is 19.1 Å². The molecular formula is C11H13NO4. The highest BCUT2D eigenvalue weighted by Gasteiger charge is 2.21. The predicted molar refractivity (Wildman–Crippen MR) is 56.3 cm³/mol. The summed E-state index contributed by atoms with van der Waals surface area (Å²) in [7, 11) is 0. The number of nitrogens with zero attached hydrogens (tertiary/aromatic N) is 1. The molecular weight excluding hydrogens is 210 g/mol. The van der Waals surface area contributed by atoms with Gasteiger partial charge in [-0.2, -0.15) is 0 Å². The molecule has 0 bridgehead atoms. The van der Waals surface area contributed by atoms with Crippen molar-refractivity contribution in [2.75, 3.05) is 13.2 Å². The summed E-state index contributed by atoms with van der Waals surface area (Å²) in [5.41, 5.74) is 0. The molecule has 1 aromatic rings. The van der Waals surface area contributed by atoms with E-state index in [1.807, 2.05) is 12.1 Å². The number of imide groups is 1. The lowest BCUT2D eigenvalue weighted by Gasteiger charge is -2.11. The Balaban J connectivity index is 0.000000212. The van der Waals surface area contributed by atoms with Crippen LogP contribution in [0.3, 0.4) is 0 Å². The largest absolute Gasteiger partial charge is 0.473 e. The number of carbonyl (C=O) groups is 2. The number of carbonyl (C=O) groups excluding carboxylic acids is 2. The first-order valence-electron chi connectivity index (χ1n) is 4.87. The Morgan fingerprint density at radius 1 is 1.12 bits per heavy atom. The van der Waals surface area contributed by atoms with Gasteiger partial charge in [0, 0.05) is 25.3 Å². The van der Waals surface area contributed by atoms with E-state index in [2.05, 4.69) is 4.42 Å². The standard InChI is InChI=1S/C7H9NO3.C4H4O/c9-5-1-4-8-6(10)2-3-7(8)11;1-2-4-5-3-1/h2-3,9H,1,4-5H2;1-4H. The number of aliphatic hydroxyl groups excluding tert-OH is 1. The van der Waals surface area contributed by atoms with E-state index < -0.39 is 0 Å². The van der Waals surface area contributed by atoms with Crippen LogP contribution in [0.2, 0.25) is 0 Å². The Labute approximate surface area is 93.0 Å². The minimum absolute atomic E-state index is 0.00292. The molecule has 2 amide bonds. The summed E-state index contributed by atoms with van der Waals surface area (Å²) in [6, 6.07) is 3.67. The van der Waals surface area contributed by atoms with Crippen molar-refractivity contribution in [1.29, 1.82) is 0 Å². The van der Waals surface area contributed by atoms with E-state index in [-0.39, 0.29) is 18.4 Å². The second-order valence-corrected chi connectivity index (χ2v) is 3.03. The van der Waals surface area contributed by atoms with Crippen LogP contribution in [-0.2, 0) is 9.59 Å². The molecule has 0 aromatic carbocycles. The maximum atomic E-state index is 10.8. The first-order chi connectivity index (χ1) is 7.75. The molecule has 1 aliphatic rings. The van der Waals surface area contributed by atoms with Crippen LogP contribution in [-0.4, -0.2) is 35.0 Å². The summed E-state index contributed by atoms with van der Waals surface area (Å²) >= 11 is 0. The van der Waals surface area contributed by atoms with E-state index in [1.54, 1.807) is 12.5 Å². The van der Waals surface area contributed by atoms with Gasteiger partial charge in [0.2, 0.25) is 0 Å². The third-order valence-corrected chi connectivity index (χ3v) is 1.87. The van der Waals surface area contributed by atoms with E-state index >= 15 is 0 Å². The van der Waals surface area contributed by atoms with Gasteiger partial charge in [-0.25, -0.2) is 0 Å². The minimum Gasteiger partial charge on any atom is -0.473 e. The monoisotopic (exact) mass is 223 g/mol. The van der Waals surface area contributed by atoms with Crippen molar-refractivity contribution in [2.45, 2.75) is 6.42 Å². The maximum Gasteiger partial charge on any atom is 0.253 e. The minimum atomic E-state index is -0.288. The Kier molecular flexibility index (Phi) is 5.01. The molecule has 1 aromatic heterocycles. The number of hydrogen-bond donors (Lipinski definition) is 1. The van der Waals surface area contributed by atoms with E-state index in [4.69, 9.17) is 5.11 Å². The SMILES string of the molecule is O=C1C=CC(=O)N1CCCO.c1ccoc1. The molecule has 2 heterocycles. The zero-order valence-corrected chi connectivity index (χ0v) is 8.70. The second-order valence-electron chi connectivity index (χ2n) is 3.03. The van der Waals surface area contributed by atoms with Crippen LogP contribution in [0.15, 0.2) is 41.2 Å². The first kappa shape index (κ1) is 12.2. The van der Waals surface area contributed by atoms with Crippen molar-refractivity contribution >= 4 is 11.8 Å². The maximum absolute atomic E-state index is 10.8. The Bertz CT molecular complexity index is 321. The van der Waals surface area contributed by atoms with Gasteiger partial charge in [0.25, 0.3) is 11.8 Å². The normalized spacial score (nSPS) is 13.9. The number of hydrogen-bond acceptors (Lipinski definition) is 4. The molecule has 0 fully saturated rings. The Morgan fingerprint density at radius 3 is 2.06 bits per heavy atom. The third-order valence-electron chi connectivity index (χ3n) is 1.87. The fourth-order valence-corrected chi connectivity index (χ4v) is 1.11. The van der Waals surface area contributed by atoms with Crippen molar-refractivity contribution in [3.8, 4) is 0 Å². The summed E-state index contributed by atoms with van der Waals surface area (Å²) in [6.07, 6.45) is 6.17. The lowest BCUT2D eigenvalue weighted by atomic mass is 10.4. The number of furan rings is 1. The summed E-state index contributed by atoms with van der Waals surface area (Å²) in [6.45, 7) is 0.304. The molecule has 0 atom stereocenters. The lowest BCUT2D eigenvalue weighted by Crippen LogP contribution is -2.31. The van der Waals surface area contributed by atoms with Crippen molar-refractivity contribution in [3.05, 3.63) is 36.8 Å². The van der Waals surface area contributed by atoms with Crippen LogP contribution in [0.5, 0.6) is 0 Å².